The van der Waals surface area contributed by atoms with E-state index in [2.05, 4.69) is 0 Å². The Morgan fingerprint density at radius 3 is 1.68 bits per heavy atom. The maximum atomic E-state index is 14.0. The lowest BCUT2D eigenvalue weighted by atomic mass is 9.83. The third-order valence-electron chi connectivity index (χ3n) is 5.33. The molecule has 0 unspecified atom stereocenters. The van der Waals surface area contributed by atoms with Crippen LogP contribution in [-0.2, 0) is 0 Å². The van der Waals surface area contributed by atoms with Crippen molar-refractivity contribution in [2.24, 2.45) is 0 Å². The fourth-order valence-electron chi connectivity index (χ4n) is 3.78. The topological polar surface area (TPSA) is 27.7 Å². The van der Waals surface area contributed by atoms with Crippen LogP contribution in [0.4, 0.5) is 13.2 Å². The van der Waals surface area contributed by atoms with Gasteiger partial charge in [-0.05, 0) is 91.1 Å². The molecule has 1 aliphatic carbocycles. The Hall–Kier alpha value is -3.09. The van der Waals surface area contributed by atoms with Crippen LogP contribution in [0.2, 0.25) is 0 Å². The van der Waals surface area contributed by atoms with Gasteiger partial charge in [0, 0.05) is 0 Å². The number of hydrogen-bond donors (Lipinski definition) is 0. The monoisotopic (exact) mass is 426 g/mol. The highest BCUT2D eigenvalue weighted by atomic mass is 19.1. The van der Waals surface area contributed by atoms with Gasteiger partial charge in [0.15, 0.2) is 0 Å². The Kier molecular flexibility index (Phi) is 6.70. The van der Waals surface area contributed by atoms with E-state index in [1.807, 2.05) is 0 Å². The number of halogens is 3. The first kappa shape index (κ1) is 21.2. The SMILES string of the molecule is Fc1ccc(OB(Oc2ccc(F)cc2)Oc2ccc(F)cc2C2CCCCC2)cc1. The zero-order valence-electron chi connectivity index (χ0n) is 16.9. The zero-order valence-corrected chi connectivity index (χ0v) is 16.9. The van der Waals surface area contributed by atoms with Gasteiger partial charge in [0.05, 0.1) is 0 Å². The molecule has 0 radical (unpaired) electrons. The molecule has 0 N–H and O–H groups in total. The molecular formula is C24H22BF3O3. The van der Waals surface area contributed by atoms with E-state index < -0.39 is 19.0 Å². The van der Waals surface area contributed by atoms with Crippen molar-refractivity contribution in [1.29, 1.82) is 0 Å². The van der Waals surface area contributed by atoms with Gasteiger partial charge < -0.3 is 14.0 Å². The average Bonchev–Trinajstić information content (AvgIpc) is 2.78. The molecule has 0 heterocycles. The lowest BCUT2D eigenvalue weighted by Gasteiger charge is -2.25. The normalized spacial score (nSPS) is 14.2. The van der Waals surface area contributed by atoms with Gasteiger partial charge in [-0.3, -0.25) is 0 Å². The van der Waals surface area contributed by atoms with Crippen molar-refractivity contribution >= 4 is 7.32 Å². The van der Waals surface area contributed by atoms with E-state index in [9.17, 15) is 13.2 Å². The summed E-state index contributed by atoms with van der Waals surface area (Å²) in [6.07, 6.45) is 5.26. The van der Waals surface area contributed by atoms with Crippen LogP contribution >= 0.6 is 0 Å². The quantitative estimate of drug-likeness (QED) is 0.395. The van der Waals surface area contributed by atoms with Crippen LogP contribution in [0.3, 0.4) is 0 Å². The second-order valence-electron chi connectivity index (χ2n) is 7.57. The largest absolute Gasteiger partial charge is 0.864 e. The molecule has 0 bridgehead atoms. The summed E-state index contributed by atoms with van der Waals surface area (Å²) >= 11 is 0. The van der Waals surface area contributed by atoms with Gasteiger partial charge in [0.25, 0.3) is 0 Å². The molecule has 0 amide bonds. The molecule has 3 aromatic rings. The first-order valence-electron chi connectivity index (χ1n) is 10.4. The predicted molar refractivity (Wildman–Crippen MR) is 113 cm³/mol. The number of hydrogen-bond acceptors (Lipinski definition) is 3. The summed E-state index contributed by atoms with van der Waals surface area (Å²) < 4.78 is 58.1. The zero-order chi connectivity index (χ0) is 21.6. The third kappa shape index (κ3) is 5.75. The molecule has 31 heavy (non-hydrogen) atoms. The van der Waals surface area contributed by atoms with Gasteiger partial charge >= 0.3 is 7.32 Å². The van der Waals surface area contributed by atoms with Gasteiger partial charge in [-0.1, -0.05) is 19.3 Å². The first-order valence-corrected chi connectivity index (χ1v) is 10.4. The molecule has 3 aromatic carbocycles. The Morgan fingerprint density at radius 1 is 0.613 bits per heavy atom. The van der Waals surface area contributed by atoms with Crippen molar-refractivity contribution in [3.63, 3.8) is 0 Å². The van der Waals surface area contributed by atoms with Crippen molar-refractivity contribution in [3.8, 4) is 17.2 Å². The highest BCUT2D eigenvalue weighted by Crippen LogP contribution is 2.38. The molecule has 0 saturated heterocycles. The first-order chi connectivity index (χ1) is 15.1. The molecule has 1 fully saturated rings. The molecular weight excluding hydrogens is 404 g/mol. The summed E-state index contributed by atoms with van der Waals surface area (Å²) in [6.45, 7) is 0. The molecule has 7 heteroatoms. The molecule has 1 saturated carbocycles. The van der Waals surface area contributed by atoms with Crippen LogP contribution in [0.1, 0.15) is 43.6 Å². The summed E-state index contributed by atoms with van der Waals surface area (Å²) in [5, 5.41) is 0. The molecule has 1 aliphatic rings. The summed E-state index contributed by atoms with van der Waals surface area (Å²) in [4.78, 5) is 0. The summed E-state index contributed by atoms with van der Waals surface area (Å²) in [5.74, 6) is 0.178. The van der Waals surface area contributed by atoms with Crippen LogP contribution in [0, 0.1) is 17.5 Å². The number of benzene rings is 3. The Bertz CT molecular complexity index is 942. The predicted octanol–water partition coefficient (Wildman–Crippen LogP) is 6.67. The summed E-state index contributed by atoms with van der Waals surface area (Å²) in [5.41, 5.74) is 0.773. The van der Waals surface area contributed by atoms with Crippen LogP contribution in [0.25, 0.3) is 0 Å². The van der Waals surface area contributed by atoms with E-state index in [0.29, 0.717) is 17.2 Å². The summed E-state index contributed by atoms with van der Waals surface area (Å²) in [6, 6.07) is 15.2. The highest BCUT2D eigenvalue weighted by Gasteiger charge is 2.32. The second kappa shape index (κ2) is 9.81. The standard InChI is InChI=1S/C24H22BF3O3/c26-18-6-11-21(12-7-18)29-25(30-22-13-8-19(27)9-14-22)31-24-15-10-20(28)16-23(24)17-4-2-1-3-5-17/h6-17H,1-5H2. The minimum Gasteiger partial charge on any atom is -0.490 e. The van der Waals surface area contributed by atoms with E-state index in [1.165, 1.54) is 67.1 Å². The van der Waals surface area contributed by atoms with Gasteiger partial charge in [-0.2, -0.15) is 0 Å². The van der Waals surface area contributed by atoms with Crippen LogP contribution in [0.5, 0.6) is 17.2 Å². The van der Waals surface area contributed by atoms with E-state index in [4.69, 9.17) is 14.0 Å². The fourth-order valence-corrected chi connectivity index (χ4v) is 3.78. The molecule has 0 atom stereocenters. The van der Waals surface area contributed by atoms with Gasteiger partial charge in [0.1, 0.15) is 34.7 Å². The molecule has 0 spiro atoms. The Morgan fingerprint density at radius 2 is 1.13 bits per heavy atom. The van der Waals surface area contributed by atoms with Gasteiger partial charge in [0.2, 0.25) is 0 Å². The van der Waals surface area contributed by atoms with Gasteiger partial charge in [-0.15, -0.1) is 0 Å². The molecule has 160 valence electrons. The van der Waals surface area contributed by atoms with Crippen molar-refractivity contribution in [2.45, 2.75) is 38.0 Å². The van der Waals surface area contributed by atoms with E-state index in [0.717, 1.165) is 31.2 Å². The smallest absolute Gasteiger partial charge is 0.490 e. The Balaban J connectivity index is 1.60. The van der Waals surface area contributed by atoms with Crippen molar-refractivity contribution in [3.05, 3.63) is 89.7 Å². The maximum Gasteiger partial charge on any atom is 0.864 e. The van der Waals surface area contributed by atoms with E-state index in [1.54, 1.807) is 6.07 Å². The van der Waals surface area contributed by atoms with Crippen LogP contribution in [0.15, 0.2) is 66.7 Å². The van der Waals surface area contributed by atoms with E-state index in [-0.39, 0.29) is 11.7 Å². The molecule has 4 rings (SSSR count). The molecule has 3 nitrogen and oxygen atoms in total. The minimum absolute atomic E-state index is 0.191. The van der Waals surface area contributed by atoms with Crippen LogP contribution < -0.4 is 14.0 Å². The molecule has 0 aliphatic heterocycles. The lowest BCUT2D eigenvalue weighted by Crippen LogP contribution is -2.37. The van der Waals surface area contributed by atoms with Crippen molar-refractivity contribution in [2.75, 3.05) is 0 Å². The third-order valence-corrected chi connectivity index (χ3v) is 5.33. The minimum atomic E-state index is -1.25. The highest BCUT2D eigenvalue weighted by molar-refractivity contribution is 6.39. The van der Waals surface area contributed by atoms with E-state index >= 15 is 0 Å². The fraction of sp³-hybridized carbons (Fsp3) is 0.250. The maximum absolute atomic E-state index is 14.0. The van der Waals surface area contributed by atoms with Crippen molar-refractivity contribution < 1.29 is 27.1 Å². The lowest BCUT2D eigenvalue weighted by molar-refractivity contribution is 0.302. The molecule has 0 aromatic heterocycles. The second-order valence-corrected chi connectivity index (χ2v) is 7.57. The van der Waals surface area contributed by atoms with Gasteiger partial charge in [-0.25, -0.2) is 13.2 Å². The average molecular weight is 426 g/mol. The number of rotatable bonds is 7. The Labute approximate surface area is 179 Å². The summed E-state index contributed by atoms with van der Waals surface area (Å²) in [7, 11) is -1.25. The van der Waals surface area contributed by atoms with Crippen LogP contribution in [-0.4, -0.2) is 7.32 Å². The van der Waals surface area contributed by atoms with Crippen molar-refractivity contribution in [1.82, 2.24) is 0 Å².